The summed E-state index contributed by atoms with van der Waals surface area (Å²) in [6.07, 6.45) is 1.50. The summed E-state index contributed by atoms with van der Waals surface area (Å²) in [5.41, 5.74) is 6.47. The van der Waals surface area contributed by atoms with E-state index in [9.17, 15) is 8.42 Å². The normalized spacial score (nSPS) is 11.3. The lowest BCUT2D eigenvalue weighted by molar-refractivity contribution is 0.580. The Bertz CT molecular complexity index is 766. The van der Waals surface area contributed by atoms with E-state index in [1.165, 1.54) is 24.4 Å². The van der Waals surface area contributed by atoms with Crippen LogP contribution in [0.1, 0.15) is 11.3 Å². The predicted molar refractivity (Wildman–Crippen MR) is 83.4 cm³/mol. The summed E-state index contributed by atoms with van der Waals surface area (Å²) in [5.74, 6) is 0. The standard InChI is InChI=1S/C12H11ClN4O2S2/c13-10-6-8(12(14)20)3-4-11(10)21(18,19)16-7-9-2-1-5-15-17-9/h1-6,16H,7H2,(H2,14,20). The van der Waals surface area contributed by atoms with E-state index >= 15 is 0 Å². The Morgan fingerprint density at radius 1 is 1.38 bits per heavy atom. The summed E-state index contributed by atoms with van der Waals surface area (Å²) in [7, 11) is -3.77. The van der Waals surface area contributed by atoms with Crippen LogP contribution in [0.15, 0.2) is 41.4 Å². The SMILES string of the molecule is NC(=S)c1ccc(S(=O)(=O)NCc2cccnn2)c(Cl)c1. The molecule has 0 saturated carbocycles. The first-order valence-corrected chi connectivity index (χ1v) is 8.03. The highest BCUT2D eigenvalue weighted by Crippen LogP contribution is 2.22. The molecule has 1 heterocycles. The van der Waals surface area contributed by atoms with E-state index in [0.717, 1.165) is 0 Å². The van der Waals surface area contributed by atoms with E-state index in [2.05, 4.69) is 14.9 Å². The van der Waals surface area contributed by atoms with E-state index in [4.69, 9.17) is 29.6 Å². The highest BCUT2D eigenvalue weighted by atomic mass is 35.5. The second kappa shape index (κ2) is 6.44. The molecule has 0 atom stereocenters. The van der Waals surface area contributed by atoms with Gasteiger partial charge in [-0.1, -0.05) is 29.9 Å². The first kappa shape index (κ1) is 15.8. The number of hydrogen-bond donors (Lipinski definition) is 2. The number of sulfonamides is 1. The van der Waals surface area contributed by atoms with E-state index in [0.29, 0.717) is 11.3 Å². The highest BCUT2D eigenvalue weighted by Gasteiger charge is 2.18. The van der Waals surface area contributed by atoms with E-state index in [-0.39, 0.29) is 21.5 Å². The van der Waals surface area contributed by atoms with Gasteiger partial charge >= 0.3 is 0 Å². The van der Waals surface area contributed by atoms with E-state index in [1.807, 2.05) is 0 Å². The highest BCUT2D eigenvalue weighted by molar-refractivity contribution is 7.89. The molecule has 1 aromatic heterocycles. The maximum absolute atomic E-state index is 12.2. The fraction of sp³-hybridized carbons (Fsp3) is 0.0833. The van der Waals surface area contributed by atoms with Crippen molar-refractivity contribution in [3.8, 4) is 0 Å². The molecule has 110 valence electrons. The molecule has 21 heavy (non-hydrogen) atoms. The first-order chi connectivity index (χ1) is 9.90. The maximum atomic E-state index is 12.2. The average molecular weight is 343 g/mol. The molecule has 0 bridgehead atoms. The second-order valence-electron chi connectivity index (χ2n) is 4.05. The van der Waals surface area contributed by atoms with Crippen LogP contribution in [0, 0.1) is 0 Å². The van der Waals surface area contributed by atoms with Crippen molar-refractivity contribution >= 4 is 38.8 Å². The van der Waals surface area contributed by atoms with Crippen LogP contribution in [0.25, 0.3) is 0 Å². The van der Waals surface area contributed by atoms with Gasteiger partial charge in [-0.25, -0.2) is 13.1 Å². The van der Waals surface area contributed by atoms with Crippen molar-refractivity contribution in [1.82, 2.24) is 14.9 Å². The minimum absolute atomic E-state index is 0.0174. The van der Waals surface area contributed by atoms with Gasteiger partial charge in [-0.3, -0.25) is 0 Å². The molecular formula is C12H11ClN4O2S2. The van der Waals surface area contributed by atoms with Gasteiger partial charge in [-0.05, 0) is 24.3 Å². The molecule has 0 aliphatic rings. The molecule has 0 radical (unpaired) electrons. The topological polar surface area (TPSA) is 98.0 Å². The van der Waals surface area contributed by atoms with Gasteiger partial charge in [0.25, 0.3) is 0 Å². The van der Waals surface area contributed by atoms with Crippen LogP contribution in [0.2, 0.25) is 5.02 Å². The van der Waals surface area contributed by atoms with Crippen molar-refractivity contribution in [1.29, 1.82) is 0 Å². The summed E-state index contributed by atoms with van der Waals surface area (Å²) in [5, 5.41) is 7.51. The number of benzene rings is 1. The van der Waals surface area contributed by atoms with Crippen LogP contribution < -0.4 is 10.5 Å². The summed E-state index contributed by atoms with van der Waals surface area (Å²) in [6, 6.07) is 7.61. The second-order valence-corrected chi connectivity index (χ2v) is 6.63. The molecule has 9 heteroatoms. The molecular weight excluding hydrogens is 332 g/mol. The molecule has 0 aliphatic carbocycles. The largest absolute Gasteiger partial charge is 0.389 e. The molecule has 0 amide bonds. The molecule has 1 aromatic carbocycles. The number of thiocarbonyl (C=S) groups is 1. The molecule has 6 nitrogen and oxygen atoms in total. The monoisotopic (exact) mass is 342 g/mol. The molecule has 0 spiro atoms. The first-order valence-electron chi connectivity index (χ1n) is 5.76. The number of aromatic nitrogens is 2. The molecule has 2 aromatic rings. The third-order valence-corrected chi connectivity index (χ3v) is 4.70. The van der Waals surface area contributed by atoms with Crippen LogP contribution >= 0.6 is 23.8 Å². The summed E-state index contributed by atoms with van der Waals surface area (Å²) in [6.45, 7) is 0.0174. The number of rotatable bonds is 5. The van der Waals surface area contributed by atoms with Gasteiger partial charge in [0.05, 0.1) is 17.3 Å². The van der Waals surface area contributed by atoms with Gasteiger partial charge in [-0.15, -0.1) is 0 Å². The Labute approximate surface area is 132 Å². The quantitative estimate of drug-likeness (QED) is 0.793. The lowest BCUT2D eigenvalue weighted by Crippen LogP contribution is -2.24. The van der Waals surface area contributed by atoms with Crippen LogP contribution in [0.3, 0.4) is 0 Å². The lowest BCUT2D eigenvalue weighted by Gasteiger charge is -2.09. The predicted octanol–water partition coefficient (Wildman–Crippen LogP) is 1.24. The van der Waals surface area contributed by atoms with Crippen LogP contribution in [-0.4, -0.2) is 23.6 Å². The van der Waals surface area contributed by atoms with Crippen LogP contribution in [0.5, 0.6) is 0 Å². The minimum Gasteiger partial charge on any atom is -0.389 e. The van der Waals surface area contributed by atoms with Gasteiger partial charge in [0.2, 0.25) is 10.0 Å². The van der Waals surface area contributed by atoms with Gasteiger partial charge in [0.1, 0.15) is 9.88 Å². The lowest BCUT2D eigenvalue weighted by atomic mass is 10.2. The number of nitrogens with two attached hydrogens (primary N) is 1. The smallest absolute Gasteiger partial charge is 0.242 e. The molecule has 0 saturated heterocycles. The van der Waals surface area contributed by atoms with Crippen molar-refractivity contribution in [3.63, 3.8) is 0 Å². The molecule has 0 fully saturated rings. The fourth-order valence-corrected chi connectivity index (χ4v) is 3.21. The van der Waals surface area contributed by atoms with Crippen molar-refractivity contribution < 1.29 is 8.42 Å². The number of halogens is 1. The Balaban J connectivity index is 2.22. The molecule has 3 N–H and O–H groups in total. The minimum atomic E-state index is -3.77. The Morgan fingerprint density at radius 2 is 2.14 bits per heavy atom. The third-order valence-electron chi connectivity index (χ3n) is 2.58. The van der Waals surface area contributed by atoms with Crippen LogP contribution in [0.4, 0.5) is 0 Å². The van der Waals surface area contributed by atoms with Gasteiger partial charge < -0.3 is 5.73 Å². The van der Waals surface area contributed by atoms with Crippen molar-refractivity contribution in [2.45, 2.75) is 11.4 Å². The van der Waals surface area contributed by atoms with Gasteiger partial charge in [0, 0.05) is 11.8 Å². The zero-order valence-electron chi connectivity index (χ0n) is 10.7. The Kier molecular flexibility index (Phi) is 4.84. The fourth-order valence-electron chi connectivity index (χ4n) is 1.55. The van der Waals surface area contributed by atoms with E-state index in [1.54, 1.807) is 12.1 Å². The molecule has 0 aliphatic heterocycles. The van der Waals surface area contributed by atoms with E-state index < -0.39 is 10.0 Å². The summed E-state index contributed by atoms with van der Waals surface area (Å²) in [4.78, 5) is 0.0985. The Morgan fingerprint density at radius 3 is 2.71 bits per heavy atom. The zero-order valence-corrected chi connectivity index (χ0v) is 13.0. The zero-order chi connectivity index (χ0) is 15.5. The number of hydrogen-bond acceptors (Lipinski definition) is 5. The van der Waals surface area contributed by atoms with Crippen molar-refractivity contribution in [2.75, 3.05) is 0 Å². The van der Waals surface area contributed by atoms with Gasteiger partial charge in [0.15, 0.2) is 0 Å². The maximum Gasteiger partial charge on any atom is 0.242 e. The van der Waals surface area contributed by atoms with Crippen LogP contribution in [-0.2, 0) is 16.6 Å². The summed E-state index contributed by atoms with van der Waals surface area (Å²) >= 11 is 10.8. The Hall–Kier alpha value is -1.61. The number of nitrogens with zero attached hydrogens (tertiary/aromatic N) is 2. The third kappa shape index (κ3) is 3.94. The van der Waals surface area contributed by atoms with Crippen molar-refractivity contribution in [2.24, 2.45) is 5.73 Å². The number of nitrogens with one attached hydrogen (secondary N) is 1. The van der Waals surface area contributed by atoms with Gasteiger partial charge in [-0.2, -0.15) is 10.2 Å². The molecule has 2 rings (SSSR count). The van der Waals surface area contributed by atoms with Crippen molar-refractivity contribution in [3.05, 3.63) is 52.8 Å². The average Bonchev–Trinajstić information content (AvgIpc) is 2.46. The summed E-state index contributed by atoms with van der Waals surface area (Å²) < 4.78 is 26.8. The molecule has 0 unspecified atom stereocenters.